The molecule has 32 heavy (non-hydrogen) atoms. The zero-order valence-electron chi connectivity index (χ0n) is 20.0. The van der Waals surface area contributed by atoms with Crippen LogP contribution in [0.1, 0.15) is 52.9 Å². The average molecular weight is 443 g/mol. The number of ether oxygens (including phenoxy) is 1. The largest absolute Gasteiger partial charge is 0.444 e. The van der Waals surface area contributed by atoms with Gasteiger partial charge in [-0.15, -0.1) is 10.2 Å². The number of aromatic nitrogens is 4. The molecule has 0 N–H and O–H groups in total. The van der Waals surface area contributed by atoms with Crippen molar-refractivity contribution in [3.63, 3.8) is 0 Å². The van der Waals surface area contributed by atoms with Crippen molar-refractivity contribution in [3.05, 3.63) is 30.3 Å². The van der Waals surface area contributed by atoms with Gasteiger partial charge in [0.15, 0.2) is 0 Å². The molecule has 0 aliphatic carbocycles. The van der Waals surface area contributed by atoms with E-state index in [4.69, 9.17) is 4.74 Å². The van der Waals surface area contributed by atoms with Crippen LogP contribution >= 0.6 is 0 Å². The Morgan fingerprint density at radius 2 is 1.91 bits per heavy atom. The lowest BCUT2D eigenvalue weighted by Gasteiger charge is -2.35. The highest BCUT2D eigenvalue weighted by Gasteiger charge is 2.25. The second-order valence-corrected chi connectivity index (χ2v) is 9.81. The van der Waals surface area contributed by atoms with Crippen LogP contribution in [0.2, 0.25) is 0 Å². The summed E-state index contributed by atoms with van der Waals surface area (Å²) in [6.07, 6.45) is 5.48. The van der Waals surface area contributed by atoms with Crippen molar-refractivity contribution in [2.45, 2.75) is 65.0 Å². The summed E-state index contributed by atoms with van der Waals surface area (Å²) in [4.78, 5) is 18.2. The second kappa shape index (κ2) is 11.4. The highest BCUT2D eigenvalue weighted by Crippen LogP contribution is 2.19. The number of hydrogen-bond acceptors (Lipinski definition) is 6. The maximum absolute atomic E-state index is 12.2. The Bertz CT molecular complexity index is 833. The molecule has 2 heterocycles. The molecule has 1 atom stereocenters. The van der Waals surface area contributed by atoms with Crippen LogP contribution in [0.25, 0.3) is 11.4 Å². The van der Waals surface area contributed by atoms with E-state index in [-0.39, 0.29) is 6.09 Å². The van der Waals surface area contributed by atoms with E-state index in [0.717, 1.165) is 57.5 Å². The van der Waals surface area contributed by atoms with Gasteiger partial charge in [0.25, 0.3) is 0 Å². The minimum absolute atomic E-state index is 0.230. The maximum atomic E-state index is 12.2. The number of piperidine rings is 1. The van der Waals surface area contributed by atoms with Crippen molar-refractivity contribution in [1.82, 2.24) is 30.0 Å². The van der Waals surface area contributed by atoms with Gasteiger partial charge in [-0.2, -0.15) is 4.80 Å². The van der Waals surface area contributed by atoms with Gasteiger partial charge in [0, 0.05) is 25.7 Å². The van der Waals surface area contributed by atoms with Crippen molar-refractivity contribution >= 4 is 6.09 Å². The number of likely N-dealkylation sites (tertiary alicyclic amines) is 1. The molecule has 2 aromatic rings. The Morgan fingerprint density at radius 1 is 1.16 bits per heavy atom. The Kier molecular flexibility index (Phi) is 8.61. The fraction of sp³-hybridized carbons (Fsp3) is 0.667. The van der Waals surface area contributed by atoms with Crippen LogP contribution in [0, 0.1) is 5.92 Å². The van der Waals surface area contributed by atoms with Gasteiger partial charge in [-0.1, -0.05) is 36.8 Å². The molecule has 8 heteroatoms. The summed E-state index contributed by atoms with van der Waals surface area (Å²) in [6.45, 7) is 10.6. The second-order valence-electron chi connectivity index (χ2n) is 9.81. The number of unbranched alkanes of at least 4 members (excludes halogenated alkanes) is 2. The quantitative estimate of drug-likeness (QED) is 0.545. The molecule has 0 saturated carbocycles. The van der Waals surface area contributed by atoms with Gasteiger partial charge in [-0.05, 0) is 70.7 Å². The molecule has 1 saturated heterocycles. The number of carbonyl (C=O) groups is 1. The van der Waals surface area contributed by atoms with Gasteiger partial charge in [-0.3, -0.25) is 0 Å². The molecular formula is C24H38N6O2. The smallest absolute Gasteiger partial charge is 0.410 e. The van der Waals surface area contributed by atoms with Crippen LogP contribution in [0.15, 0.2) is 30.3 Å². The Labute approximate surface area is 191 Å². The van der Waals surface area contributed by atoms with Crippen molar-refractivity contribution < 1.29 is 9.53 Å². The molecule has 3 rings (SSSR count). The predicted molar refractivity (Wildman–Crippen MR) is 125 cm³/mol. The number of aryl methyl sites for hydroxylation is 1. The molecule has 8 nitrogen and oxygen atoms in total. The monoisotopic (exact) mass is 442 g/mol. The highest BCUT2D eigenvalue weighted by atomic mass is 16.6. The standard InChI is InChI=1S/C24H38N6O2/c1-24(2,3)32-23(31)28(4)18-20-12-11-16-29(19-20)15-9-6-10-17-30-26-22(25-27-30)21-13-7-5-8-14-21/h5,7-8,13-14,20H,6,9-12,15-19H2,1-4H3. The average Bonchev–Trinajstić information content (AvgIpc) is 3.22. The summed E-state index contributed by atoms with van der Waals surface area (Å²) in [5.74, 6) is 1.19. The molecule has 0 radical (unpaired) electrons. The van der Waals surface area contributed by atoms with Crippen molar-refractivity contribution in [3.8, 4) is 11.4 Å². The van der Waals surface area contributed by atoms with Crippen molar-refractivity contribution in [1.29, 1.82) is 0 Å². The third-order valence-electron chi connectivity index (χ3n) is 5.66. The minimum atomic E-state index is -0.450. The van der Waals surface area contributed by atoms with Gasteiger partial charge in [0.2, 0.25) is 5.82 Å². The molecule has 1 unspecified atom stereocenters. The third-order valence-corrected chi connectivity index (χ3v) is 5.66. The minimum Gasteiger partial charge on any atom is -0.444 e. The molecule has 0 bridgehead atoms. The number of benzene rings is 1. The van der Waals surface area contributed by atoms with Crippen LogP contribution in [0.3, 0.4) is 0 Å². The highest BCUT2D eigenvalue weighted by molar-refractivity contribution is 5.67. The molecular weight excluding hydrogens is 404 g/mol. The van der Waals surface area contributed by atoms with Gasteiger partial charge < -0.3 is 14.5 Å². The van der Waals surface area contributed by atoms with Gasteiger partial charge in [0.05, 0.1) is 6.54 Å². The fourth-order valence-corrected chi connectivity index (χ4v) is 4.11. The maximum Gasteiger partial charge on any atom is 0.410 e. The van der Waals surface area contributed by atoms with E-state index in [9.17, 15) is 4.79 Å². The molecule has 1 aliphatic heterocycles. The van der Waals surface area contributed by atoms with E-state index in [1.807, 2.05) is 58.2 Å². The van der Waals surface area contributed by atoms with Crippen LogP contribution in [-0.4, -0.2) is 74.9 Å². The Morgan fingerprint density at radius 3 is 2.66 bits per heavy atom. The number of hydrogen-bond donors (Lipinski definition) is 0. The van der Waals surface area contributed by atoms with E-state index < -0.39 is 5.60 Å². The van der Waals surface area contributed by atoms with E-state index in [2.05, 4.69) is 20.3 Å². The van der Waals surface area contributed by atoms with Crippen LogP contribution in [0.4, 0.5) is 4.79 Å². The molecule has 176 valence electrons. The summed E-state index contributed by atoms with van der Waals surface area (Å²) in [5.41, 5.74) is 0.546. The predicted octanol–water partition coefficient (Wildman–Crippen LogP) is 4.09. The lowest BCUT2D eigenvalue weighted by atomic mass is 9.97. The molecule has 1 amide bonds. The van der Waals surface area contributed by atoms with Crippen molar-refractivity contribution in [2.24, 2.45) is 5.92 Å². The zero-order chi connectivity index (χ0) is 23.0. The number of carbonyl (C=O) groups excluding carboxylic acids is 1. The van der Waals surface area contributed by atoms with Gasteiger partial charge in [-0.25, -0.2) is 4.79 Å². The lowest BCUT2D eigenvalue weighted by Crippen LogP contribution is -2.43. The summed E-state index contributed by atoms with van der Waals surface area (Å²) >= 11 is 0. The first kappa shape index (κ1) is 24.2. The number of tetrazole rings is 1. The third kappa shape index (κ3) is 7.89. The summed E-state index contributed by atoms with van der Waals surface area (Å²) in [5, 5.41) is 12.8. The van der Waals surface area contributed by atoms with Gasteiger partial charge >= 0.3 is 6.09 Å². The zero-order valence-corrected chi connectivity index (χ0v) is 20.0. The molecule has 1 aromatic carbocycles. The number of amides is 1. The van der Waals surface area contributed by atoms with Crippen LogP contribution in [-0.2, 0) is 11.3 Å². The number of nitrogens with zero attached hydrogens (tertiary/aromatic N) is 6. The SMILES string of the molecule is CN(CC1CCCN(CCCCCn2nnc(-c3ccccc3)n2)C1)C(=O)OC(C)(C)C. The first-order chi connectivity index (χ1) is 15.3. The molecule has 1 aliphatic rings. The summed E-state index contributed by atoms with van der Waals surface area (Å²) in [7, 11) is 1.84. The van der Waals surface area contributed by atoms with E-state index in [1.165, 1.54) is 12.8 Å². The topological polar surface area (TPSA) is 76.4 Å². The normalized spacial score (nSPS) is 17.3. The van der Waals surface area contributed by atoms with E-state index in [0.29, 0.717) is 11.7 Å². The first-order valence-corrected chi connectivity index (χ1v) is 11.8. The van der Waals surface area contributed by atoms with Crippen molar-refractivity contribution in [2.75, 3.05) is 33.2 Å². The van der Waals surface area contributed by atoms with E-state index in [1.54, 1.807) is 9.70 Å². The van der Waals surface area contributed by atoms with E-state index >= 15 is 0 Å². The first-order valence-electron chi connectivity index (χ1n) is 11.8. The Balaban J connectivity index is 1.32. The molecule has 1 aromatic heterocycles. The van der Waals surface area contributed by atoms with Crippen LogP contribution < -0.4 is 0 Å². The lowest BCUT2D eigenvalue weighted by molar-refractivity contribution is 0.0243. The molecule has 0 spiro atoms. The Hall–Kier alpha value is -2.48. The molecule has 1 fully saturated rings. The summed E-state index contributed by atoms with van der Waals surface area (Å²) in [6, 6.07) is 9.95. The number of rotatable bonds is 9. The van der Waals surface area contributed by atoms with Gasteiger partial charge in [0.1, 0.15) is 5.60 Å². The van der Waals surface area contributed by atoms with Crippen LogP contribution in [0.5, 0.6) is 0 Å². The summed E-state index contributed by atoms with van der Waals surface area (Å²) < 4.78 is 5.48. The fourth-order valence-electron chi connectivity index (χ4n) is 4.11.